The third-order valence-corrected chi connectivity index (χ3v) is 8.42. The van der Waals surface area contributed by atoms with Crippen LogP contribution in [-0.4, -0.2) is 57.1 Å². The van der Waals surface area contributed by atoms with E-state index in [0.29, 0.717) is 35.8 Å². The zero-order valence-corrected chi connectivity index (χ0v) is 21.0. The van der Waals surface area contributed by atoms with Crippen LogP contribution in [0.2, 0.25) is 0 Å². The van der Waals surface area contributed by atoms with Gasteiger partial charge in [-0.3, -0.25) is 9.59 Å². The second-order valence-electron chi connectivity index (χ2n) is 7.77. The number of hydrogen-bond donors (Lipinski definition) is 1. The van der Waals surface area contributed by atoms with E-state index in [0.717, 1.165) is 10.4 Å². The van der Waals surface area contributed by atoms with Crippen molar-refractivity contribution in [3.8, 4) is 5.75 Å². The lowest BCUT2D eigenvalue weighted by Gasteiger charge is -2.25. The van der Waals surface area contributed by atoms with Gasteiger partial charge in [0.15, 0.2) is 9.84 Å². The highest BCUT2D eigenvalue weighted by atomic mass is 32.2. The predicted octanol–water partition coefficient (Wildman–Crippen LogP) is 3.03. The van der Waals surface area contributed by atoms with Gasteiger partial charge in [-0.05, 0) is 49.6 Å². The van der Waals surface area contributed by atoms with Crippen molar-refractivity contribution in [3.63, 3.8) is 0 Å². The second-order valence-corrected chi connectivity index (χ2v) is 11.0. The van der Waals surface area contributed by atoms with Crippen molar-refractivity contribution >= 4 is 44.0 Å². The number of ether oxygens (including phenoxy) is 2. The summed E-state index contributed by atoms with van der Waals surface area (Å²) in [6.07, 6.45) is 0.591. The highest BCUT2D eigenvalue weighted by Gasteiger charge is 2.30. The molecule has 0 radical (unpaired) electrons. The fraction of sp³-hybridized carbons (Fsp3) is 0.435. The number of thiophene rings is 1. The Hall–Kier alpha value is -2.92. The first-order chi connectivity index (χ1) is 16.2. The van der Waals surface area contributed by atoms with E-state index in [-0.39, 0.29) is 36.0 Å². The van der Waals surface area contributed by atoms with Crippen LogP contribution >= 0.6 is 11.3 Å². The van der Waals surface area contributed by atoms with Gasteiger partial charge in [0, 0.05) is 24.8 Å². The topological polar surface area (TPSA) is 119 Å². The molecule has 0 aliphatic carbocycles. The van der Waals surface area contributed by atoms with Crippen LogP contribution in [0.15, 0.2) is 29.2 Å². The van der Waals surface area contributed by atoms with Crippen molar-refractivity contribution in [2.45, 2.75) is 44.6 Å². The SMILES string of the molecule is CCOC(=O)c1c(NC(=O)CCCS(=O)(=O)c2ccc(OC)cc2)sc2c1CCN(C(C)=O)C2. The molecule has 0 unspecified atom stereocenters. The number of nitrogens with zero attached hydrogens (tertiary/aromatic N) is 1. The molecule has 0 atom stereocenters. The molecule has 184 valence electrons. The maximum Gasteiger partial charge on any atom is 0.341 e. The number of esters is 1. The lowest BCUT2D eigenvalue weighted by Crippen LogP contribution is -2.34. The first-order valence-corrected chi connectivity index (χ1v) is 13.4. The molecule has 2 aromatic rings. The Bertz CT molecular complexity index is 1170. The predicted molar refractivity (Wildman–Crippen MR) is 128 cm³/mol. The van der Waals surface area contributed by atoms with E-state index in [1.807, 2.05) is 0 Å². The van der Waals surface area contributed by atoms with Crippen LogP contribution in [0.4, 0.5) is 5.00 Å². The molecule has 34 heavy (non-hydrogen) atoms. The Morgan fingerprint density at radius 2 is 1.88 bits per heavy atom. The number of nitrogens with one attached hydrogen (secondary N) is 1. The molecule has 0 spiro atoms. The Kier molecular flexibility index (Phi) is 8.32. The van der Waals surface area contributed by atoms with Gasteiger partial charge in [-0.25, -0.2) is 13.2 Å². The van der Waals surface area contributed by atoms with Crippen molar-refractivity contribution in [2.24, 2.45) is 0 Å². The molecule has 11 heteroatoms. The molecule has 1 aliphatic heterocycles. The number of hydrogen-bond acceptors (Lipinski definition) is 8. The minimum atomic E-state index is -3.54. The number of sulfone groups is 1. The standard InChI is InChI=1S/C23H28N2O7S2/c1-4-32-23(28)21-18-11-12-25(15(2)26)14-19(18)33-22(21)24-20(27)6-5-13-34(29,30)17-9-7-16(31-3)8-10-17/h7-10H,4-6,11-14H2,1-3H3,(H,24,27). The van der Waals surface area contributed by atoms with E-state index in [1.165, 1.54) is 37.5 Å². The quantitative estimate of drug-likeness (QED) is 0.517. The molecule has 0 saturated carbocycles. The van der Waals surface area contributed by atoms with E-state index in [1.54, 1.807) is 24.0 Å². The molecule has 3 rings (SSSR count). The molecule has 0 saturated heterocycles. The van der Waals surface area contributed by atoms with Gasteiger partial charge in [0.05, 0.1) is 36.5 Å². The van der Waals surface area contributed by atoms with Crippen molar-refractivity contribution in [1.29, 1.82) is 0 Å². The summed E-state index contributed by atoms with van der Waals surface area (Å²) in [5.74, 6) is -0.598. The summed E-state index contributed by atoms with van der Waals surface area (Å²) in [4.78, 5) is 39.7. The van der Waals surface area contributed by atoms with Gasteiger partial charge >= 0.3 is 5.97 Å². The third-order valence-electron chi connectivity index (χ3n) is 5.47. The molecule has 9 nitrogen and oxygen atoms in total. The van der Waals surface area contributed by atoms with Crippen molar-refractivity contribution < 1.29 is 32.3 Å². The van der Waals surface area contributed by atoms with E-state index >= 15 is 0 Å². The molecule has 0 bridgehead atoms. The molecule has 1 aromatic carbocycles. The first kappa shape index (κ1) is 25.7. The van der Waals surface area contributed by atoms with Gasteiger partial charge in [-0.1, -0.05) is 0 Å². The summed E-state index contributed by atoms with van der Waals surface area (Å²) in [5.41, 5.74) is 1.11. The van der Waals surface area contributed by atoms with Crippen LogP contribution in [0.5, 0.6) is 5.75 Å². The summed E-state index contributed by atoms with van der Waals surface area (Å²) >= 11 is 1.25. The number of carbonyl (C=O) groups is 3. The minimum Gasteiger partial charge on any atom is -0.497 e. The van der Waals surface area contributed by atoms with Gasteiger partial charge < -0.3 is 19.7 Å². The number of benzene rings is 1. The molecule has 1 aromatic heterocycles. The molecule has 2 heterocycles. The summed E-state index contributed by atoms with van der Waals surface area (Å²) in [6, 6.07) is 6.09. The van der Waals surface area contributed by atoms with E-state index in [2.05, 4.69) is 5.32 Å². The van der Waals surface area contributed by atoms with Crippen LogP contribution < -0.4 is 10.1 Å². The highest BCUT2D eigenvalue weighted by molar-refractivity contribution is 7.91. The molecular weight excluding hydrogens is 480 g/mol. The average molecular weight is 509 g/mol. The van der Waals surface area contributed by atoms with Crippen LogP contribution in [0, 0.1) is 0 Å². The van der Waals surface area contributed by atoms with Crippen LogP contribution in [0.25, 0.3) is 0 Å². The largest absolute Gasteiger partial charge is 0.497 e. The molecular formula is C23H28N2O7S2. The molecule has 0 fully saturated rings. The van der Waals surface area contributed by atoms with E-state index in [4.69, 9.17) is 9.47 Å². The van der Waals surface area contributed by atoms with Crippen LogP contribution in [-0.2, 0) is 37.1 Å². The van der Waals surface area contributed by atoms with E-state index in [9.17, 15) is 22.8 Å². The lowest BCUT2D eigenvalue weighted by atomic mass is 10.0. The number of rotatable bonds is 9. The zero-order chi connectivity index (χ0) is 24.9. The minimum absolute atomic E-state index is 0.0280. The van der Waals surface area contributed by atoms with Crippen molar-refractivity contribution in [1.82, 2.24) is 4.90 Å². The number of anilines is 1. The Morgan fingerprint density at radius 3 is 2.50 bits per heavy atom. The fourth-order valence-electron chi connectivity index (χ4n) is 3.69. The van der Waals surface area contributed by atoms with Crippen molar-refractivity contribution in [2.75, 3.05) is 31.3 Å². The number of fused-ring (bicyclic) bond motifs is 1. The normalized spacial score (nSPS) is 13.2. The zero-order valence-electron chi connectivity index (χ0n) is 19.4. The molecule has 1 aliphatic rings. The highest BCUT2D eigenvalue weighted by Crippen LogP contribution is 2.38. The summed E-state index contributed by atoms with van der Waals surface area (Å²) in [6.45, 7) is 4.25. The maximum atomic E-state index is 12.6. The lowest BCUT2D eigenvalue weighted by molar-refractivity contribution is -0.129. The summed E-state index contributed by atoms with van der Waals surface area (Å²) in [7, 11) is -2.04. The van der Waals surface area contributed by atoms with E-state index < -0.39 is 21.7 Å². The first-order valence-electron chi connectivity index (χ1n) is 10.9. The van der Waals surface area contributed by atoms with Crippen LogP contribution in [0.3, 0.4) is 0 Å². The number of amides is 2. The summed E-state index contributed by atoms with van der Waals surface area (Å²) in [5, 5.41) is 3.13. The molecule has 2 amide bonds. The average Bonchev–Trinajstić information content (AvgIpc) is 3.16. The number of methoxy groups -OCH3 is 1. The Morgan fingerprint density at radius 1 is 1.18 bits per heavy atom. The van der Waals surface area contributed by atoms with Crippen LogP contribution in [0.1, 0.15) is 47.5 Å². The van der Waals surface area contributed by atoms with Gasteiger partial charge in [-0.15, -0.1) is 11.3 Å². The van der Waals surface area contributed by atoms with Gasteiger partial charge in [0.2, 0.25) is 11.8 Å². The van der Waals surface area contributed by atoms with Gasteiger partial charge in [-0.2, -0.15) is 0 Å². The Labute approximate surface area is 203 Å². The fourth-order valence-corrected chi connectivity index (χ4v) is 6.27. The monoisotopic (exact) mass is 508 g/mol. The maximum absolute atomic E-state index is 12.6. The second kappa shape index (κ2) is 11.0. The Balaban J connectivity index is 1.68. The van der Waals surface area contributed by atoms with Gasteiger partial charge in [0.25, 0.3) is 0 Å². The number of carbonyl (C=O) groups excluding carboxylic acids is 3. The smallest absolute Gasteiger partial charge is 0.341 e. The summed E-state index contributed by atoms with van der Waals surface area (Å²) < 4.78 is 35.3. The third kappa shape index (κ3) is 5.95. The molecule has 1 N–H and O–H groups in total. The van der Waals surface area contributed by atoms with Gasteiger partial charge in [0.1, 0.15) is 10.8 Å². The van der Waals surface area contributed by atoms with Crippen molar-refractivity contribution in [3.05, 3.63) is 40.3 Å².